The molecule has 1 aliphatic rings. The molecule has 3 atom stereocenters. The molecule has 1 aliphatic carbocycles. The summed E-state index contributed by atoms with van der Waals surface area (Å²) in [6.45, 7) is 6.24. The largest absolute Gasteiger partial charge is 0.481 e. The average Bonchev–Trinajstić information content (AvgIpc) is 2.49. The van der Waals surface area contributed by atoms with Crippen molar-refractivity contribution in [3.8, 4) is 0 Å². The van der Waals surface area contributed by atoms with Gasteiger partial charge in [-0.25, -0.2) is 0 Å². The highest BCUT2D eigenvalue weighted by Crippen LogP contribution is 2.58. The minimum Gasteiger partial charge on any atom is -0.481 e. The number of aliphatic carboxylic acids is 2. The third kappa shape index (κ3) is 4.07. The van der Waals surface area contributed by atoms with Crippen LogP contribution in [0.1, 0.15) is 91.4 Å². The molecule has 23 heavy (non-hydrogen) atoms. The van der Waals surface area contributed by atoms with Gasteiger partial charge in [0.05, 0.1) is 10.8 Å². The summed E-state index contributed by atoms with van der Waals surface area (Å²) in [6, 6.07) is 0. The molecule has 1 fully saturated rings. The summed E-state index contributed by atoms with van der Waals surface area (Å²) in [5.41, 5.74) is -2.19. The number of hydrogen-bond acceptors (Lipinski definition) is 2. The molecular weight excluding hydrogens is 292 g/mol. The van der Waals surface area contributed by atoms with Crippen molar-refractivity contribution in [2.24, 2.45) is 16.7 Å². The SMILES string of the molecule is CCCCCC1(C(=O)O)CCC(C)CC1(CCCCC)C(=O)O. The molecule has 0 bridgehead atoms. The Balaban J connectivity index is 3.21. The second-order valence-electron chi connectivity index (χ2n) is 7.54. The highest BCUT2D eigenvalue weighted by Gasteiger charge is 2.62. The average molecular weight is 326 g/mol. The number of carboxylic acids is 2. The Morgan fingerprint density at radius 1 is 0.913 bits per heavy atom. The summed E-state index contributed by atoms with van der Waals surface area (Å²) in [5.74, 6) is -1.50. The van der Waals surface area contributed by atoms with E-state index in [1.165, 1.54) is 0 Å². The molecule has 0 aromatic carbocycles. The monoisotopic (exact) mass is 326 g/mol. The lowest BCUT2D eigenvalue weighted by Crippen LogP contribution is -2.56. The van der Waals surface area contributed by atoms with Crippen molar-refractivity contribution in [1.82, 2.24) is 0 Å². The predicted molar refractivity (Wildman–Crippen MR) is 91.4 cm³/mol. The standard InChI is InChI=1S/C19H34O4/c1-4-6-8-11-18(16(20)21)13-10-15(3)14-19(18,17(22)23)12-9-7-5-2/h15H,4-14H2,1-3H3,(H,20,21)(H,22,23). The Morgan fingerprint density at radius 2 is 1.39 bits per heavy atom. The Morgan fingerprint density at radius 3 is 1.83 bits per heavy atom. The second kappa shape index (κ2) is 8.70. The third-order valence-corrected chi connectivity index (χ3v) is 5.91. The zero-order chi connectivity index (χ0) is 17.5. The van der Waals surface area contributed by atoms with Gasteiger partial charge in [0.1, 0.15) is 0 Å². The van der Waals surface area contributed by atoms with Crippen molar-refractivity contribution in [2.45, 2.75) is 91.4 Å². The predicted octanol–water partition coefficient (Wildman–Crippen LogP) is 5.11. The zero-order valence-electron chi connectivity index (χ0n) is 15.1. The lowest BCUT2D eigenvalue weighted by Gasteiger charge is -2.50. The number of rotatable bonds is 10. The van der Waals surface area contributed by atoms with Crippen LogP contribution in [0.2, 0.25) is 0 Å². The molecule has 0 aliphatic heterocycles. The molecule has 0 aromatic rings. The molecule has 4 nitrogen and oxygen atoms in total. The number of carboxylic acid groups (broad SMARTS) is 2. The fourth-order valence-corrected chi connectivity index (χ4v) is 4.50. The van der Waals surface area contributed by atoms with Gasteiger partial charge in [-0.05, 0) is 38.0 Å². The summed E-state index contributed by atoms with van der Waals surface area (Å²) in [6.07, 6.45) is 8.41. The van der Waals surface area contributed by atoms with Gasteiger partial charge in [-0.1, -0.05) is 59.3 Å². The molecule has 0 aromatic heterocycles. The molecule has 0 saturated heterocycles. The van der Waals surface area contributed by atoms with E-state index >= 15 is 0 Å². The van der Waals surface area contributed by atoms with Gasteiger partial charge >= 0.3 is 11.9 Å². The Hall–Kier alpha value is -1.06. The maximum Gasteiger partial charge on any atom is 0.310 e. The van der Waals surface area contributed by atoms with Gasteiger partial charge in [0.2, 0.25) is 0 Å². The minimum atomic E-state index is -1.10. The van der Waals surface area contributed by atoms with Gasteiger partial charge in [-0.3, -0.25) is 9.59 Å². The van der Waals surface area contributed by atoms with Gasteiger partial charge in [0.15, 0.2) is 0 Å². The highest BCUT2D eigenvalue weighted by molar-refractivity contribution is 5.87. The van der Waals surface area contributed by atoms with E-state index in [2.05, 4.69) is 20.8 Å². The summed E-state index contributed by atoms with van der Waals surface area (Å²) < 4.78 is 0. The quantitative estimate of drug-likeness (QED) is 0.547. The van der Waals surface area contributed by atoms with Crippen LogP contribution in [0.5, 0.6) is 0 Å². The van der Waals surface area contributed by atoms with Crippen LogP contribution in [0.25, 0.3) is 0 Å². The van der Waals surface area contributed by atoms with E-state index in [4.69, 9.17) is 0 Å². The number of carbonyl (C=O) groups is 2. The summed E-state index contributed by atoms with van der Waals surface area (Å²) in [5, 5.41) is 20.1. The Bertz CT molecular complexity index is 406. The van der Waals surface area contributed by atoms with Crippen LogP contribution in [0.4, 0.5) is 0 Å². The van der Waals surface area contributed by atoms with E-state index in [1.807, 2.05) is 0 Å². The van der Waals surface area contributed by atoms with E-state index in [0.29, 0.717) is 25.7 Å². The number of hydrogen-bond donors (Lipinski definition) is 2. The lowest BCUT2D eigenvalue weighted by atomic mass is 9.50. The van der Waals surface area contributed by atoms with Crippen LogP contribution >= 0.6 is 0 Å². The van der Waals surface area contributed by atoms with Crippen molar-refractivity contribution >= 4 is 11.9 Å². The van der Waals surface area contributed by atoms with Crippen LogP contribution in [0, 0.1) is 16.7 Å². The first-order valence-corrected chi connectivity index (χ1v) is 9.33. The van der Waals surface area contributed by atoms with Crippen molar-refractivity contribution in [2.75, 3.05) is 0 Å². The molecule has 1 rings (SSSR count). The molecular formula is C19H34O4. The molecule has 4 heteroatoms. The van der Waals surface area contributed by atoms with Gasteiger partial charge in [0.25, 0.3) is 0 Å². The van der Waals surface area contributed by atoms with Gasteiger partial charge < -0.3 is 10.2 Å². The number of unbranched alkanes of at least 4 members (excludes halogenated alkanes) is 4. The molecule has 0 amide bonds. The van der Waals surface area contributed by atoms with Crippen LogP contribution in [0.3, 0.4) is 0 Å². The molecule has 2 N–H and O–H groups in total. The molecule has 0 spiro atoms. The fourth-order valence-electron chi connectivity index (χ4n) is 4.50. The van der Waals surface area contributed by atoms with Crippen molar-refractivity contribution in [3.63, 3.8) is 0 Å². The van der Waals surface area contributed by atoms with E-state index in [9.17, 15) is 19.8 Å². The first-order valence-electron chi connectivity index (χ1n) is 9.33. The van der Waals surface area contributed by atoms with Gasteiger partial charge in [0, 0.05) is 0 Å². The molecule has 134 valence electrons. The minimum absolute atomic E-state index is 0.284. The molecule has 1 saturated carbocycles. The fraction of sp³-hybridized carbons (Fsp3) is 0.895. The molecule has 3 unspecified atom stereocenters. The smallest absolute Gasteiger partial charge is 0.310 e. The maximum absolute atomic E-state index is 12.3. The van der Waals surface area contributed by atoms with E-state index in [0.717, 1.165) is 44.9 Å². The van der Waals surface area contributed by atoms with Crippen molar-refractivity contribution in [3.05, 3.63) is 0 Å². The van der Waals surface area contributed by atoms with E-state index in [-0.39, 0.29) is 5.92 Å². The first kappa shape index (κ1) is 20.0. The third-order valence-electron chi connectivity index (χ3n) is 5.91. The van der Waals surface area contributed by atoms with E-state index < -0.39 is 22.8 Å². The van der Waals surface area contributed by atoms with Crippen LogP contribution in [0.15, 0.2) is 0 Å². The van der Waals surface area contributed by atoms with Crippen LogP contribution < -0.4 is 0 Å². The van der Waals surface area contributed by atoms with E-state index in [1.54, 1.807) is 0 Å². The van der Waals surface area contributed by atoms with Crippen LogP contribution in [-0.2, 0) is 9.59 Å². The summed E-state index contributed by atoms with van der Waals surface area (Å²) >= 11 is 0. The molecule has 0 radical (unpaired) electrons. The normalized spacial score (nSPS) is 31.0. The zero-order valence-corrected chi connectivity index (χ0v) is 15.1. The van der Waals surface area contributed by atoms with Crippen molar-refractivity contribution in [1.29, 1.82) is 0 Å². The maximum atomic E-state index is 12.3. The van der Waals surface area contributed by atoms with Gasteiger partial charge in [-0.15, -0.1) is 0 Å². The first-order chi connectivity index (χ1) is 10.9. The lowest BCUT2D eigenvalue weighted by molar-refractivity contribution is -0.185. The summed E-state index contributed by atoms with van der Waals surface area (Å²) in [7, 11) is 0. The second-order valence-corrected chi connectivity index (χ2v) is 7.54. The van der Waals surface area contributed by atoms with Gasteiger partial charge in [-0.2, -0.15) is 0 Å². The topological polar surface area (TPSA) is 74.6 Å². The van der Waals surface area contributed by atoms with Crippen molar-refractivity contribution < 1.29 is 19.8 Å². The molecule has 0 heterocycles. The highest BCUT2D eigenvalue weighted by atomic mass is 16.4. The Labute approximate surface area is 140 Å². The Kier molecular flexibility index (Phi) is 7.56. The summed E-state index contributed by atoms with van der Waals surface area (Å²) in [4.78, 5) is 24.6. The van der Waals surface area contributed by atoms with Crippen LogP contribution in [-0.4, -0.2) is 22.2 Å².